The maximum absolute atomic E-state index is 12.2. The average Bonchev–Trinajstić information content (AvgIpc) is 2.94. The third-order valence-corrected chi connectivity index (χ3v) is 4.06. The molecular formula is C18H21N5O2. The summed E-state index contributed by atoms with van der Waals surface area (Å²) in [4.78, 5) is 23.8. The van der Waals surface area contributed by atoms with Crippen LogP contribution in [0.4, 0.5) is 11.4 Å². The first-order valence-corrected chi connectivity index (χ1v) is 8.27. The van der Waals surface area contributed by atoms with Crippen LogP contribution in [0.15, 0.2) is 47.4 Å². The van der Waals surface area contributed by atoms with Crippen LogP contribution in [-0.4, -0.2) is 26.6 Å². The van der Waals surface area contributed by atoms with Gasteiger partial charge in [-0.2, -0.15) is 0 Å². The van der Waals surface area contributed by atoms with E-state index in [0.717, 1.165) is 16.9 Å². The molecule has 2 aromatic heterocycles. The molecule has 0 saturated heterocycles. The van der Waals surface area contributed by atoms with Gasteiger partial charge in [0, 0.05) is 30.5 Å². The largest absolute Gasteiger partial charge is 0.383 e. The molecule has 130 valence electrons. The van der Waals surface area contributed by atoms with Crippen LogP contribution in [0, 0.1) is 6.92 Å². The molecule has 0 aliphatic rings. The van der Waals surface area contributed by atoms with E-state index in [2.05, 4.69) is 15.7 Å². The number of anilines is 2. The Kier molecular flexibility index (Phi) is 4.83. The summed E-state index contributed by atoms with van der Waals surface area (Å²) < 4.78 is 2.96. The summed E-state index contributed by atoms with van der Waals surface area (Å²) in [5, 5.41) is 10.5. The van der Waals surface area contributed by atoms with Gasteiger partial charge in [0.1, 0.15) is 0 Å². The Hall–Kier alpha value is -3.09. The molecule has 0 fully saturated rings. The van der Waals surface area contributed by atoms with Gasteiger partial charge in [-0.25, -0.2) is 9.48 Å². The number of carbonyl (C=O) groups excluding carboxylic acids is 1. The highest BCUT2D eigenvalue weighted by Crippen LogP contribution is 2.23. The molecule has 0 radical (unpaired) electrons. The van der Waals surface area contributed by atoms with Gasteiger partial charge in [0.25, 0.3) is 0 Å². The van der Waals surface area contributed by atoms with E-state index < -0.39 is 0 Å². The Morgan fingerprint density at radius 2 is 1.96 bits per heavy atom. The summed E-state index contributed by atoms with van der Waals surface area (Å²) in [7, 11) is 0. The average molecular weight is 339 g/mol. The fraction of sp³-hybridized carbons (Fsp3) is 0.278. The lowest BCUT2D eigenvalue weighted by Crippen LogP contribution is -2.24. The number of nitrogens with one attached hydrogen (secondary N) is 2. The lowest BCUT2D eigenvalue weighted by Gasteiger charge is -2.13. The molecule has 3 rings (SSSR count). The minimum atomic E-state index is -0.155. The van der Waals surface area contributed by atoms with Crippen molar-refractivity contribution < 1.29 is 4.79 Å². The second kappa shape index (κ2) is 7.21. The second-order valence-corrected chi connectivity index (χ2v) is 5.74. The minimum absolute atomic E-state index is 0.0171. The molecule has 2 heterocycles. The number of carbonyl (C=O) groups is 1. The molecule has 2 N–H and O–H groups in total. The summed E-state index contributed by atoms with van der Waals surface area (Å²) in [6.45, 7) is 4.77. The van der Waals surface area contributed by atoms with Crippen molar-refractivity contribution in [2.75, 3.05) is 17.2 Å². The summed E-state index contributed by atoms with van der Waals surface area (Å²) in [5.74, 6) is -0.0171. The van der Waals surface area contributed by atoms with Gasteiger partial charge < -0.3 is 10.6 Å². The van der Waals surface area contributed by atoms with Crippen LogP contribution in [0.3, 0.4) is 0 Å². The molecule has 0 unspecified atom stereocenters. The lowest BCUT2D eigenvalue weighted by atomic mass is 10.1. The molecule has 0 bridgehead atoms. The molecule has 0 aliphatic carbocycles. The van der Waals surface area contributed by atoms with Crippen LogP contribution in [0.2, 0.25) is 0 Å². The van der Waals surface area contributed by atoms with E-state index in [4.69, 9.17) is 0 Å². The number of aromatic nitrogens is 3. The third kappa shape index (κ3) is 3.55. The van der Waals surface area contributed by atoms with Crippen molar-refractivity contribution >= 4 is 22.9 Å². The summed E-state index contributed by atoms with van der Waals surface area (Å²) in [5.41, 5.74) is 3.16. The number of fused-ring (bicyclic) bond motifs is 1. The molecule has 0 atom stereocenters. The van der Waals surface area contributed by atoms with Gasteiger partial charge >= 0.3 is 5.69 Å². The third-order valence-electron chi connectivity index (χ3n) is 4.06. The Labute approximate surface area is 145 Å². The molecule has 0 saturated carbocycles. The van der Waals surface area contributed by atoms with Crippen LogP contribution >= 0.6 is 0 Å². The van der Waals surface area contributed by atoms with E-state index in [1.807, 2.05) is 38.1 Å². The number of hydrogen-bond donors (Lipinski definition) is 2. The molecular weight excluding hydrogens is 318 g/mol. The molecule has 1 amide bonds. The zero-order valence-corrected chi connectivity index (χ0v) is 14.3. The highest BCUT2D eigenvalue weighted by molar-refractivity contribution is 5.92. The SMILES string of the molecule is CCC(=O)Nc1cccc(NCCn2nc3ccccn3c2=O)c1C. The van der Waals surface area contributed by atoms with E-state index >= 15 is 0 Å². The van der Waals surface area contributed by atoms with E-state index in [-0.39, 0.29) is 11.6 Å². The molecule has 3 aromatic rings. The number of rotatable bonds is 6. The van der Waals surface area contributed by atoms with Crippen molar-refractivity contribution in [2.24, 2.45) is 0 Å². The predicted octanol–water partition coefficient (Wildman–Crippen LogP) is 2.27. The van der Waals surface area contributed by atoms with Gasteiger partial charge in [0.15, 0.2) is 5.65 Å². The fourth-order valence-electron chi connectivity index (χ4n) is 2.61. The standard InChI is InChI=1S/C18H21N5O2/c1-3-17(24)20-15-8-6-7-14(13(15)2)19-10-12-23-18(25)22-11-5-4-9-16(22)21-23/h4-9,11,19H,3,10,12H2,1-2H3,(H,20,24). The van der Waals surface area contributed by atoms with Crippen LogP contribution in [0.5, 0.6) is 0 Å². The zero-order chi connectivity index (χ0) is 17.8. The van der Waals surface area contributed by atoms with Crippen molar-refractivity contribution in [3.63, 3.8) is 0 Å². The van der Waals surface area contributed by atoms with E-state index in [1.54, 1.807) is 18.3 Å². The zero-order valence-electron chi connectivity index (χ0n) is 14.3. The monoisotopic (exact) mass is 339 g/mol. The van der Waals surface area contributed by atoms with Gasteiger partial charge in [-0.1, -0.05) is 19.1 Å². The number of pyridine rings is 1. The number of nitrogens with zero attached hydrogens (tertiary/aromatic N) is 3. The second-order valence-electron chi connectivity index (χ2n) is 5.74. The van der Waals surface area contributed by atoms with Crippen LogP contribution in [-0.2, 0) is 11.3 Å². The van der Waals surface area contributed by atoms with Gasteiger partial charge in [0.05, 0.1) is 6.54 Å². The summed E-state index contributed by atoms with van der Waals surface area (Å²) >= 11 is 0. The maximum Gasteiger partial charge on any atom is 0.350 e. The van der Waals surface area contributed by atoms with E-state index in [0.29, 0.717) is 25.2 Å². The summed E-state index contributed by atoms with van der Waals surface area (Å²) in [6, 6.07) is 11.2. The normalized spacial score (nSPS) is 10.8. The Balaban J connectivity index is 1.69. The van der Waals surface area contributed by atoms with Gasteiger partial charge in [-0.3, -0.25) is 9.20 Å². The van der Waals surface area contributed by atoms with Crippen LogP contribution in [0.1, 0.15) is 18.9 Å². The highest BCUT2D eigenvalue weighted by atomic mass is 16.2. The van der Waals surface area contributed by atoms with E-state index in [9.17, 15) is 9.59 Å². The van der Waals surface area contributed by atoms with Gasteiger partial charge in [0.2, 0.25) is 5.91 Å². The molecule has 7 nitrogen and oxygen atoms in total. The first-order chi connectivity index (χ1) is 12.1. The predicted molar refractivity (Wildman–Crippen MR) is 98.0 cm³/mol. The Morgan fingerprint density at radius 3 is 2.72 bits per heavy atom. The van der Waals surface area contributed by atoms with Crippen molar-refractivity contribution in [2.45, 2.75) is 26.8 Å². The quantitative estimate of drug-likeness (QED) is 0.722. The van der Waals surface area contributed by atoms with Gasteiger partial charge in [-0.05, 0) is 36.8 Å². The molecule has 0 aliphatic heterocycles. The van der Waals surface area contributed by atoms with Crippen molar-refractivity contribution in [1.82, 2.24) is 14.2 Å². The maximum atomic E-state index is 12.2. The first-order valence-electron chi connectivity index (χ1n) is 8.27. The Morgan fingerprint density at radius 1 is 1.16 bits per heavy atom. The lowest BCUT2D eigenvalue weighted by molar-refractivity contribution is -0.115. The first kappa shape index (κ1) is 16.8. The molecule has 0 spiro atoms. The summed E-state index contributed by atoms with van der Waals surface area (Å²) in [6.07, 6.45) is 2.15. The van der Waals surface area contributed by atoms with Crippen molar-refractivity contribution in [3.05, 3.63) is 58.6 Å². The number of benzene rings is 1. The highest BCUT2D eigenvalue weighted by Gasteiger charge is 2.08. The molecule has 7 heteroatoms. The smallest absolute Gasteiger partial charge is 0.350 e. The van der Waals surface area contributed by atoms with Crippen LogP contribution in [0.25, 0.3) is 5.65 Å². The van der Waals surface area contributed by atoms with E-state index in [1.165, 1.54) is 9.08 Å². The van der Waals surface area contributed by atoms with Crippen molar-refractivity contribution in [3.8, 4) is 0 Å². The fourth-order valence-corrected chi connectivity index (χ4v) is 2.61. The number of amides is 1. The molecule has 25 heavy (non-hydrogen) atoms. The minimum Gasteiger partial charge on any atom is -0.383 e. The number of hydrogen-bond acceptors (Lipinski definition) is 4. The van der Waals surface area contributed by atoms with Gasteiger partial charge in [-0.15, -0.1) is 5.10 Å². The van der Waals surface area contributed by atoms with Crippen LogP contribution < -0.4 is 16.3 Å². The van der Waals surface area contributed by atoms with Crippen molar-refractivity contribution in [1.29, 1.82) is 0 Å². The topological polar surface area (TPSA) is 80.4 Å². The molecule has 1 aromatic carbocycles. The Bertz CT molecular complexity index is 957.